The standard InChI is InChI=1S/C13H17NO8/c15-5-8-9(16)10(17)11(18)13(21-8)22-14-7-3-1-6(2-4-7)12(19)20/h1-4,8-11,13-18H,5H2,(H,19,20)/t8-,9+,10+,11-,13?/m1/s1. The summed E-state index contributed by atoms with van der Waals surface area (Å²) in [4.78, 5) is 15.8. The van der Waals surface area contributed by atoms with E-state index in [9.17, 15) is 20.1 Å². The highest BCUT2D eigenvalue weighted by molar-refractivity contribution is 5.87. The van der Waals surface area contributed by atoms with Gasteiger partial charge in [0, 0.05) is 0 Å². The van der Waals surface area contributed by atoms with Crippen LogP contribution < -0.4 is 5.48 Å². The van der Waals surface area contributed by atoms with E-state index in [2.05, 4.69) is 5.48 Å². The molecule has 122 valence electrons. The molecule has 5 atom stereocenters. The Kier molecular flexibility index (Phi) is 5.29. The number of hydrogen-bond donors (Lipinski definition) is 6. The number of carboxylic acid groups (broad SMARTS) is 1. The van der Waals surface area contributed by atoms with Crippen molar-refractivity contribution in [2.45, 2.75) is 30.7 Å². The van der Waals surface area contributed by atoms with Crippen molar-refractivity contribution in [3.05, 3.63) is 29.8 Å². The molecule has 0 spiro atoms. The summed E-state index contributed by atoms with van der Waals surface area (Å²) in [6.45, 7) is -0.557. The lowest BCUT2D eigenvalue weighted by Gasteiger charge is -2.39. The largest absolute Gasteiger partial charge is 0.478 e. The molecule has 0 amide bonds. The first-order chi connectivity index (χ1) is 10.4. The number of benzene rings is 1. The van der Waals surface area contributed by atoms with Gasteiger partial charge in [-0.05, 0) is 24.3 Å². The van der Waals surface area contributed by atoms with Crippen molar-refractivity contribution in [2.75, 3.05) is 12.1 Å². The molecule has 2 rings (SSSR count). The highest BCUT2D eigenvalue weighted by atomic mass is 16.8. The van der Waals surface area contributed by atoms with Gasteiger partial charge in [-0.15, -0.1) is 0 Å². The van der Waals surface area contributed by atoms with E-state index in [0.29, 0.717) is 5.69 Å². The predicted octanol–water partition coefficient (Wildman–Crippen LogP) is -1.47. The zero-order valence-electron chi connectivity index (χ0n) is 11.4. The lowest BCUT2D eigenvalue weighted by Crippen LogP contribution is -2.59. The third kappa shape index (κ3) is 3.53. The molecule has 0 aromatic heterocycles. The van der Waals surface area contributed by atoms with Crippen LogP contribution in [0.4, 0.5) is 5.69 Å². The molecule has 1 heterocycles. The van der Waals surface area contributed by atoms with Crippen LogP contribution in [0.5, 0.6) is 0 Å². The van der Waals surface area contributed by atoms with Crippen molar-refractivity contribution in [2.24, 2.45) is 0 Å². The number of rotatable bonds is 5. The normalized spacial score (nSPS) is 31.7. The monoisotopic (exact) mass is 315 g/mol. The minimum Gasteiger partial charge on any atom is -0.478 e. The molecule has 22 heavy (non-hydrogen) atoms. The van der Waals surface area contributed by atoms with E-state index >= 15 is 0 Å². The molecule has 1 aromatic carbocycles. The van der Waals surface area contributed by atoms with Gasteiger partial charge in [0.05, 0.1) is 17.9 Å². The molecule has 0 radical (unpaired) electrons. The van der Waals surface area contributed by atoms with Crippen molar-refractivity contribution >= 4 is 11.7 Å². The fourth-order valence-corrected chi connectivity index (χ4v) is 1.97. The Labute approximate surface area is 125 Å². The smallest absolute Gasteiger partial charge is 0.335 e. The van der Waals surface area contributed by atoms with Crippen LogP contribution >= 0.6 is 0 Å². The van der Waals surface area contributed by atoms with Crippen LogP contribution in [-0.2, 0) is 9.57 Å². The number of aliphatic hydroxyl groups is 4. The zero-order chi connectivity index (χ0) is 16.3. The van der Waals surface area contributed by atoms with Gasteiger partial charge in [0.2, 0.25) is 6.29 Å². The molecule has 1 saturated heterocycles. The molecule has 1 aromatic rings. The van der Waals surface area contributed by atoms with E-state index < -0.39 is 43.3 Å². The summed E-state index contributed by atoms with van der Waals surface area (Å²) in [6, 6.07) is 5.57. The van der Waals surface area contributed by atoms with Gasteiger partial charge in [0.1, 0.15) is 24.4 Å². The van der Waals surface area contributed by atoms with Crippen molar-refractivity contribution in [3.63, 3.8) is 0 Å². The van der Waals surface area contributed by atoms with Crippen molar-refractivity contribution in [3.8, 4) is 0 Å². The Morgan fingerprint density at radius 3 is 2.32 bits per heavy atom. The minimum atomic E-state index is -1.54. The summed E-state index contributed by atoms with van der Waals surface area (Å²) in [7, 11) is 0. The van der Waals surface area contributed by atoms with Gasteiger partial charge in [0.15, 0.2) is 0 Å². The predicted molar refractivity (Wildman–Crippen MR) is 71.9 cm³/mol. The number of carbonyl (C=O) groups is 1. The molecule has 9 heteroatoms. The third-order valence-corrected chi connectivity index (χ3v) is 3.27. The van der Waals surface area contributed by atoms with Crippen LogP contribution in [0.25, 0.3) is 0 Å². The maximum Gasteiger partial charge on any atom is 0.335 e. The lowest BCUT2D eigenvalue weighted by atomic mass is 9.99. The Morgan fingerprint density at radius 2 is 1.77 bits per heavy atom. The molecular formula is C13H17NO8. The molecule has 1 unspecified atom stereocenters. The molecule has 9 nitrogen and oxygen atoms in total. The highest BCUT2D eigenvalue weighted by Crippen LogP contribution is 2.22. The average molecular weight is 315 g/mol. The number of carboxylic acids is 1. The third-order valence-electron chi connectivity index (χ3n) is 3.27. The van der Waals surface area contributed by atoms with Crippen molar-refractivity contribution in [1.29, 1.82) is 0 Å². The zero-order valence-corrected chi connectivity index (χ0v) is 11.4. The van der Waals surface area contributed by atoms with E-state index in [4.69, 9.17) is 19.8 Å². The molecular weight excluding hydrogens is 298 g/mol. The summed E-state index contributed by atoms with van der Waals surface area (Å²) in [5, 5.41) is 46.8. The summed E-state index contributed by atoms with van der Waals surface area (Å²) in [6.07, 6.45) is -6.92. The maximum atomic E-state index is 10.7. The molecule has 1 fully saturated rings. The van der Waals surface area contributed by atoms with Crippen molar-refractivity contribution in [1.82, 2.24) is 0 Å². The SMILES string of the molecule is O=C(O)c1ccc(NOC2O[C@H](CO)[C@H](O)[C@H](O)[C@H]2O)cc1. The first kappa shape index (κ1) is 16.6. The van der Waals surface area contributed by atoms with Crippen molar-refractivity contribution < 1.29 is 39.9 Å². The van der Waals surface area contributed by atoms with Gasteiger partial charge in [-0.1, -0.05) is 0 Å². The highest BCUT2D eigenvalue weighted by Gasteiger charge is 2.44. The van der Waals surface area contributed by atoms with Gasteiger partial charge in [-0.2, -0.15) is 0 Å². The fraction of sp³-hybridized carbons (Fsp3) is 0.462. The van der Waals surface area contributed by atoms with Gasteiger partial charge in [0.25, 0.3) is 0 Å². The second-order valence-electron chi connectivity index (χ2n) is 4.80. The Balaban J connectivity index is 1.96. The van der Waals surface area contributed by atoms with E-state index in [1.165, 1.54) is 24.3 Å². The topological polar surface area (TPSA) is 149 Å². The molecule has 6 N–H and O–H groups in total. The second kappa shape index (κ2) is 7.01. The van der Waals surface area contributed by atoms with Crippen LogP contribution in [0.3, 0.4) is 0 Å². The van der Waals surface area contributed by atoms with E-state index in [0.717, 1.165) is 0 Å². The number of anilines is 1. The summed E-state index contributed by atoms with van der Waals surface area (Å²) in [5.74, 6) is -1.07. The molecule has 0 bridgehead atoms. The number of nitrogens with one attached hydrogen (secondary N) is 1. The molecule has 0 saturated carbocycles. The molecule has 1 aliphatic rings. The average Bonchev–Trinajstić information content (AvgIpc) is 2.52. The number of aliphatic hydroxyl groups excluding tert-OH is 4. The molecule has 1 aliphatic heterocycles. The van der Waals surface area contributed by atoms with Crippen LogP contribution in [0.2, 0.25) is 0 Å². The number of ether oxygens (including phenoxy) is 1. The quantitative estimate of drug-likeness (QED) is 0.358. The van der Waals surface area contributed by atoms with E-state index in [-0.39, 0.29) is 5.56 Å². The number of hydrogen-bond acceptors (Lipinski definition) is 8. The lowest BCUT2D eigenvalue weighted by molar-refractivity contribution is -0.294. The Morgan fingerprint density at radius 1 is 1.14 bits per heavy atom. The fourth-order valence-electron chi connectivity index (χ4n) is 1.97. The van der Waals surface area contributed by atoms with Gasteiger partial charge in [-0.25, -0.2) is 9.63 Å². The van der Waals surface area contributed by atoms with Crippen LogP contribution in [-0.4, -0.2) is 68.8 Å². The summed E-state index contributed by atoms with van der Waals surface area (Å²) in [5.41, 5.74) is 2.93. The first-order valence-electron chi connectivity index (χ1n) is 6.49. The van der Waals surface area contributed by atoms with Crippen LogP contribution in [0, 0.1) is 0 Å². The van der Waals surface area contributed by atoms with Gasteiger partial charge >= 0.3 is 5.97 Å². The number of aromatic carboxylic acids is 1. The molecule has 0 aliphatic carbocycles. The van der Waals surface area contributed by atoms with E-state index in [1.807, 2.05) is 0 Å². The Hall–Kier alpha value is -1.75. The summed E-state index contributed by atoms with van der Waals surface area (Å²) >= 11 is 0. The van der Waals surface area contributed by atoms with Gasteiger partial charge < -0.3 is 30.3 Å². The van der Waals surface area contributed by atoms with Crippen LogP contribution in [0.15, 0.2) is 24.3 Å². The minimum absolute atomic E-state index is 0.0957. The van der Waals surface area contributed by atoms with E-state index in [1.54, 1.807) is 0 Å². The Bertz CT molecular complexity index is 505. The first-order valence-corrected chi connectivity index (χ1v) is 6.49. The second-order valence-corrected chi connectivity index (χ2v) is 4.80. The van der Waals surface area contributed by atoms with Gasteiger partial charge in [-0.3, -0.25) is 5.48 Å². The maximum absolute atomic E-state index is 10.7. The van der Waals surface area contributed by atoms with Crippen LogP contribution in [0.1, 0.15) is 10.4 Å². The summed E-state index contributed by atoms with van der Waals surface area (Å²) < 4.78 is 5.13.